The van der Waals surface area contributed by atoms with Crippen LogP contribution in [0.2, 0.25) is 0 Å². The second kappa shape index (κ2) is 7.01. The molecule has 148 valence electrons. The van der Waals surface area contributed by atoms with Gasteiger partial charge >= 0.3 is 12.4 Å². The zero-order valence-corrected chi connectivity index (χ0v) is 14.2. The van der Waals surface area contributed by atoms with E-state index in [1.165, 1.54) is 12.1 Å². The van der Waals surface area contributed by atoms with Crippen LogP contribution in [0, 0.1) is 0 Å². The summed E-state index contributed by atoms with van der Waals surface area (Å²) in [6.45, 7) is -1.21. The van der Waals surface area contributed by atoms with Crippen LogP contribution in [0.4, 0.5) is 26.3 Å². The van der Waals surface area contributed by atoms with Crippen LogP contribution >= 0.6 is 0 Å². The Morgan fingerprint density at radius 2 is 1.29 bits per heavy atom. The summed E-state index contributed by atoms with van der Waals surface area (Å²) in [5.74, 6) is 0.0910. The molecule has 2 nitrogen and oxygen atoms in total. The third-order valence-electron chi connectivity index (χ3n) is 4.33. The second-order valence-electron chi connectivity index (χ2n) is 6.23. The molecule has 0 spiro atoms. The van der Waals surface area contributed by atoms with Crippen LogP contribution in [0.5, 0.6) is 5.75 Å². The molecular formula is C20H14F6O2. The van der Waals surface area contributed by atoms with Crippen molar-refractivity contribution in [3.8, 4) is 5.75 Å². The van der Waals surface area contributed by atoms with Gasteiger partial charge in [-0.05, 0) is 40.6 Å². The molecule has 0 aliphatic rings. The molecule has 8 heteroatoms. The lowest BCUT2D eigenvalue weighted by Crippen LogP contribution is -2.47. The van der Waals surface area contributed by atoms with Gasteiger partial charge in [-0.2, -0.15) is 26.3 Å². The molecule has 0 bridgehead atoms. The maximum Gasteiger partial charge on any atom is 0.424 e. The molecule has 0 aromatic heterocycles. The molecule has 3 aromatic carbocycles. The van der Waals surface area contributed by atoms with E-state index >= 15 is 0 Å². The molecule has 1 N–H and O–H groups in total. The first-order valence-electron chi connectivity index (χ1n) is 8.09. The predicted molar refractivity (Wildman–Crippen MR) is 90.8 cm³/mol. The second-order valence-corrected chi connectivity index (χ2v) is 6.23. The molecule has 0 radical (unpaired) electrons. The highest BCUT2D eigenvalue weighted by Crippen LogP contribution is 2.40. The number of fused-ring (bicyclic) bond motifs is 1. The van der Waals surface area contributed by atoms with Crippen LogP contribution in [0.3, 0.4) is 0 Å². The maximum absolute atomic E-state index is 13.5. The van der Waals surface area contributed by atoms with E-state index in [1.54, 1.807) is 24.3 Å². The molecule has 0 heterocycles. The molecule has 0 fully saturated rings. The molecule has 0 amide bonds. The molecule has 3 rings (SSSR count). The lowest BCUT2D eigenvalue weighted by molar-refractivity contribution is -0.275. The van der Waals surface area contributed by atoms with Crippen molar-refractivity contribution in [1.82, 2.24) is 0 Å². The fourth-order valence-corrected chi connectivity index (χ4v) is 2.71. The molecule has 3 aromatic rings. The van der Waals surface area contributed by atoms with Gasteiger partial charge in [0.25, 0.3) is 0 Å². The Morgan fingerprint density at radius 3 is 1.86 bits per heavy atom. The maximum atomic E-state index is 13.5. The van der Waals surface area contributed by atoms with E-state index in [0.29, 0.717) is 24.3 Å². The van der Waals surface area contributed by atoms with Gasteiger partial charge in [0, 0.05) is 0 Å². The van der Waals surface area contributed by atoms with Crippen molar-refractivity contribution < 1.29 is 36.2 Å². The minimum Gasteiger partial charge on any atom is -0.490 e. The number of ether oxygens (including phenoxy) is 1. The number of hydrogen-bond acceptors (Lipinski definition) is 2. The third kappa shape index (κ3) is 3.91. The zero-order chi connectivity index (χ0) is 20.6. The molecular weight excluding hydrogens is 386 g/mol. The number of benzene rings is 3. The lowest BCUT2D eigenvalue weighted by Gasteiger charge is -2.31. The first-order valence-corrected chi connectivity index (χ1v) is 8.09. The fraction of sp³-hybridized carbons (Fsp3) is 0.200. The largest absolute Gasteiger partial charge is 0.490 e. The molecule has 0 saturated carbocycles. The van der Waals surface area contributed by atoms with E-state index in [-0.39, 0.29) is 5.75 Å². The first-order chi connectivity index (χ1) is 13.0. The Balaban J connectivity index is 1.88. The molecule has 0 saturated heterocycles. The van der Waals surface area contributed by atoms with Gasteiger partial charge in [0.15, 0.2) is 0 Å². The van der Waals surface area contributed by atoms with Crippen LogP contribution in [0.25, 0.3) is 10.8 Å². The first kappa shape index (κ1) is 20.0. The Bertz CT molecular complexity index is 963. The van der Waals surface area contributed by atoms with Gasteiger partial charge in [-0.3, -0.25) is 0 Å². The van der Waals surface area contributed by atoms with Crippen LogP contribution in [0.15, 0.2) is 66.7 Å². The van der Waals surface area contributed by atoms with Gasteiger partial charge in [-0.25, -0.2) is 0 Å². The van der Waals surface area contributed by atoms with Crippen molar-refractivity contribution >= 4 is 10.8 Å². The van der Waals surface area contributed by atoms with Crippen LogP contribution in [-0.4, -0.2) is 17.9 Å². The highest BCUT2D eigenvalue weighted by Gasteiger charge is 2.56. The zero-order valence-electron chi connectivity index (χ0n) is 14.2. The summed E-state index contributed by atoms with van der Waals surface area (Å²) in [5.41, 5.74) is -5.33. The summed E-state index contributed by atoms with van der Waals surface area (Å²) in [6.07, 6.45) is -9.86. The van der Waals surface area contributed by atoms with E-state index in [9.17, 15) is 31.4 Å². The average molecular weight is 400 g/mol. The number of hydrogen-bond donors (Lipinski definition) is 1. The number of halogens is 6. The van der Waals surface area contributed by atoms with Crippen LogP contribution in [0.1, 0.15) is 11.1 Å². The van der Waals surface area contributed by atoms with Gasteiger partial charge in [0.2, 0.25) is 5.60 Å². The summed E-state index contributed by atoms with van der Waals surface area (Å²) < 4.78 is 83.7. The van der Waals surface area contributed by atoms with E-state index < -0.39 is 35.7 Å². The van der Waals surface area contributed by atoms with Gasteiger partial charge in [0.05, 0.1) is 5.56 Å². The molecule has 1 atom stereocenters. The summed E-state index contributed by atoms with van der Waals surface area (Å²) in [4.78, 5) is 0. The Kier molecular flexibility index (Phi) is 5.01. The Morgan fingerprint density at radius 1 is 0.714 bits per heavy atom. The van der Waals surface area contributed by atoms with E-state index in [1.807, 2.05) is 6.07 Å². The van der Waals surface area contributed by atoms with Crippen molar-refractivity contribution in [2.24, 2.45) is 0 Å². The summed E-state index contributed by atoms with van der Waals surface area (Å²) in [6, 6.07) is 13.9. The van der Waals surface area contributed by atoms with Gasteiger partial charge < -0.3 is 9.84 Å². The summed E-state index contributed by atoms with van der Waals surface area (Å²) in [7, 11) is 0. The normalized spacial score (nSPS) is 14.7. The predicted octanol–water partition coefficient (Wildman–Crippen LogP) is 5.69. The van der Waals surface area contributed by atoms with Gasteiger partial charge in [0.1, 0.15) is 12.4 Å². The highest BCUT2D eigenvalue weighted by atomic mass is 19.4. The summed E-state index contributed by atoms with van der Waals surface area (Å²) >= 11 is 0. The number of aliphatic hydroxyl groups is 1. The smallest absolute Gasteiger partial charge is 0.424 e. The minimum absolute atomic E-state index is 0.0910. The van der Waals surface area contributed by atoms with Crippen LogP contribution < -0.4 is 4.74 Å². The number of alkyl halides is 6. The van der Waals surface area contributed by atoms with Crippen molar-refractivity contribution in [1.29, 1.82) is 0 Å². The van der Waals surface area contributed by atoms with E-state index in [0.717, 1.165) is 10.8 Å². The van der Waals surface area contributed by atoms with Gasteiger partial charge in [-0.15, -0.1) is 0 Å². The van der Waals surface area contributed by atoms with Gasteiger partial charge in [-0.1, -0.05) is 42.5 Å². The quantitative estimate of drug-likeness (QED) is 0.571. The topological polar surface area (TPSA) is 29.5 Å². The molecule has 28 heavy (non-hydrogen) atoms. The van der Waals surface area contributed by atoms with Crippen molar-refractivity contribution in [3.05, 3.63) is 77.9 Å². The minimum atomic E-state index is -5.16. The van der Waals surface area contributed by atoms with E-state index in [2.05, 4.69) is 0 Å². The van der Waals surface area contributed by atoms with E-state index in [4.69, 9.17) is 4.74 Å². The average Bonchev–Trinajstić information content (AvgIpc) is 2.64. The number of rotatable bonds is 4. The molecule has 0 aliphatic heterocycles. The van der Waals surface area contributed by atoms with Crippen LogP contribution in [-0.2, 0) is 11.8 Å². The van der Waals surface area contributed by atoms with Crippen molar-refractivity contribution in [2.45, 2.75) is 18.0 Å². The Hall–Kier alpha value is -2.74. The monoisotopic (exact) mass is 400 g/mol. The fourth-order valence-electron chi connectivity index (χ4n) is 2.71. The summed E-state index contributed by atoms with van der Waals surface area (Å²) in [5, 5.41) is 11.8. The Labute approximate surface area is 156 Å². The lowest BCUT2D eigenvalue weighted by atomic mass is 9.93. The van der Waals surface area contributed by atoms with Crippen molar-refractivity contribution in [2.75, 3.05) is 6.61 Å². The SMILES string of the molecule is OC(COc1ccc2ccccc2c1)(c1ccc(C(F)(F)F)cc1)C(F)(F)F. The standard InChI is InChI=1S/C20H14F6O2/c21-19(22,23)16-8-6-15(7-9-16)18(27,20(24,25)26)12-28-17-10-5-13-3-1-2-4-14(13)11-17/h1-11,27H,12H2. The highest BCUT2D eigenvalue weighted by molar-refractivity contribution is 5.83. The molecule has 0 aliphatic carbocycles. The van der Waals surface area contributed by atoms with Crippen molar-refractivity contribution in [3.63, 3.8) is 0 Å². The third-order valence-corrected chi connectivity index (χ3v) is 4.33. The molecule has 1 unspecified atom stereocenters.